The number of nitrogens with one attached hydrogen (secondary N) is 1. The molecule has 2 rings (SSSR count). The molecule has 0 amide bonds. The van der Waals surface area contributed by atoms with Gasteiger partial charge in [-0.2, -0.15) is 0 Å². The van der Waals surface area contributed by atoms with E-state index in [-0.39, 0.29) is 10.9 Å². The van der Waals surface area contributed by atoms with Gasteiger partial charge in [-0.15, -0.1) is 11.6 Å². The van der Waals surface area contributed by atoms with Crippen LogP contribution in [0.2, 0.25) is 0 Å². The van der Waals surface area contributed by atoms with E-state index in [2.05, 4.69) is 5.32 Å². The molecule has 1 N–H and O–H groups in total. The monoisotopic (exact) mass is 243 g/mol. The highest BCUT2D eigenvalue weighted by Crippen LogP contribution is 2.41. The maximum Gasteiger partial charge on any atom is 0.153 e. The Bertz CT molecular complexity index is 269. The number of rotatable bonds is 2. The number of hydrogen-bond acceptors (Lipinski definition) is 2. The largest absolute Gasteiger partial charge is 0.308 e. The first-order valence-electron chi connectivity index (χ1n) is 6.57. The molecule has 0 aromatic heterocycles. The van der Waals surface area contributed by atoms with Gasteiger partial charge < -0.3 is 5.32 Å². The fourth-order valence-corrected chi connectivity index (χ4v) is 4.03. The van der Waals surface area contributed by atoms with E-state index >= 15 is 0 Å². The summed E-state index contributed by atoms with van der Waals surface area (Å²) in [5.41, 5.74) is -0.301. The quantitative estimate of drug-likeness (QED) is 0.756. The number of likely N-dealkylation sites (N-methyl/N-ethyl adjacent to an activating group) is 1. The molecule has 0 aromatic rings. The lowest BCUT2D eigenvalue weighted by Crippen LogP contribution is -2.60. The van der Waals surface area contributed by atoms with Gasteiger partial charge in [0.25, 0.3) is 0 Å². The highest BCUT2D eigenvalue weighted by atomic mass is 35.5. The number of carbonyl (C=O) groups is 1. The van der Waals surface area contributed by atoms with Crippen LogP contribution in [0.4, 0.5) is 0 Å². The molecule has 0 aliphatic heterocycles. The van der Waals surface area contributed by atoms with Gasteiger partial charge in [0.1, 0.15) is 0 Å². The van der Waals surface area contributed by atoms with E-state index in [1.54, 1.807) is 0 Å². The molecule has 2 aliphatic carbocycles. The minimum absolute atomic E-state index is 0.184. The topological polar surface area (TPSA) is 29.1 Å². The number of halogens is 1. The zero-order chi connectivity index (χ0) is 11.6. The molecule has 3 atom stereocenters. The van der Waals surface area contributed by atoms with Crippen LogP contribution < -0.4 is 5.32 Å². The third kappa shape index (κ3) is 2.02. The van der Waals surface area contributed by atoms with E-state index in [0.717, 1.165) is 38.5 Å². The van der Waals surface area contributed by atoms with Gasteiger partial charge in [-0.3, -0.25) is 4.79 Å². The molecular formula is C13H22ClNO. The second kappa shape index (κ2) is 5.05. The van der Waals surface area contributed by atoms with Crippen molar-refractivity contribution in [1.29, 1.82) is 0 Å². The highest BCUT2D eigenvalue weighted by molar-refractivity contribution is 6.21. The summed E-state index contributed by atoms with van der Waals surface area (Å²) in [4.78, 5) is 12.3. The second-order valence-corrected chi connectivity index (χ2v) is 5.82. The number of Topliss-reactive ketones (excluding diaryl/α,β-unsaturated/α-hetero) is 1. The van der Waals surface area contributed by atoms with Crippen molar-refractivity contribution in [2.24, 2.45) is 5.92 Å². The summed E-state index contributed by atoms with van der Waals surface area (Å²) in [6, 6.07) is 0. The molecular weight excluding hydrogens is 222 g/mol. The smallest absolute Gasteiger partial charge is 0.153 e. The Balaban J connectivity index is 2.21. The van der Waals surface area contributed by atoms with Crippen LogP contribution in [-0.2, 0) is 4.79 Å². The summed E-state index contributed by atoms with van der Waals surface area (Å²) >= 11 is 6.46. The molecule has 2 saturated carbocycles. The standard InChI is InChI=1S/C13H22ClNO/c1-15-13(9-5-4-8-12(13)16)10-6-2-3-7-11(10)14/h10-11,15H,2-9H2,1H3/t10-,11?,13?/m0/s1. The van der Waals surface area contributed by atoms with E-state index in [1.165, 1.54) is 12.8 Å². The maximum atomic E-state index is 12.3. The Labute approximate surface area is 103 Å². The van der Waals surface area contributed by atoms with Crippen molar-refractivity contribution in [3.63, 3.8) is 0 Å². The van der Waals surface area contributed by atoms with Crippen LogP contribution in [0.5, 0.6) is 0 Å². The van der Waals surface area contributed by atoms with Crippen molar-refractivity contribution >= 4 is 17.4 Å². The first kappa shape index (κ1) is 12.4. The molecule has 0 bridgehead atoms. The van der Waals surface area contributed by atoms with Crippen LogP contribution in [0, 0.1) is 5.92 Å². The molecule has 2 aliphatic rings. The summed E-state index contributed by atoms with van der Waals surface area (Å²) in [6.07, 6.45) is 8.57. The summed E-state index contributed by atoms with van der Waals surface area (Å²) in [5, 5.41) is 3.52. The Kier molecular flexibility index (Phi) is 3.91. The van der Waals surface area contributed by atoms with Gasteiger partial charge in [-0.1, -0.05) is 19.3 Å². The molecule has 92 valence electrons. The summed E-state index contributed by atoms with van der Waals surface area (Å²) in [7, 11) is 1.93. The van der Waals surface area contributed by atoms with E-state index in [0.29, 0.717) is 11.7 Å². The van der Waals surface area contributed by atoms with Crippen molar-refractivity contribution in [3.05, 3.63) is 0 Å². The summed E-state index contributed by atoms with van der Waals surface area (Å²) in [5.74, 6) is 0.750. The van der Waals surface area contributed by atoms with Gasteiger partial charge in [-0.05, 0) is 32.7 Å². The predicted molar refractivity (Wildman–Crippen MR) is 66.9 cm³/mol. The molecule has 2 unspecified atom stereocenters. The van der Waals surface area contributed by atoms with Crippen LogP contribution in [0.25, 0.3) is 0 Å². The molecule has 2 fully saturated rings. The average Bonchev–Trinajstić information content (AvgIpc) is 2.31. The SMILES string of the molecule is CNC1([C@H]2CCCCC2Cl)CCCCC1=O. The van der Waals surface area contributed by atoms with Gasteiger partial charge >= 0.3 is 0 Å². The van der Waals surface area contributed by atoms with Crippen LogP contribution >= 0.6 is 11.6 Å². The zero-order valence-electron chi connectivity index (χ0n) is 10.1. The molecule has 0 spiro atoms. The Morgan fingerprint density at radius 3 is 2.62 bits per heavy atom. The lowest BCUT2D eigenvalue weighted by Gasteiger charge is -2.45. The van der Waals surface area contributed by atoms with Crippen LogP contribution in [0.3, 0.4) is 0 Å². The molecule has 0 heterocycles. The molecule has 0 aromatic carbocycles. The minimum Gasteiger partial charge on any atom is -0.308 e. The minimum atomic E-state index is -0.301. The summed E-state index contributed by atoms with van der Waals surface area (Å²) < 4.78 is 0. The first-order chi connectivity index (χ1) is 7.70. The molecule has 16 heavy (non-hydrogen) atoms. The van der Waals surface area contributed by atoms with Gasteiger partial charge in [0, 0.05) is 17.7 Å². The highest BCUT2D eigenvalue weighted by Gasteiger charge is 2.48. The predicted octanol–water partition coefficient (Wildman–Crippen LogP) is 2.89. The Hall–Kier alpha value is -0.0800. The molecule has 2 nitrogen and oxygen atoms in total. The van der Waals surface area contributed by atoms with E-state index in [1.807, 2.05) is 7.05 Å². The zero-order valence-corrected chi connectivity index (χ0v) is 10.9. The average molecular weight is 244 g/mol. The fourth-order valence-electron chi connectivity index (χ4n) is 3.53. The van der Waals surface area contributed by atoms with Gasteiger partial charge in [0.2, 0.25) is 0 Å². The second-order valence-electron chi connectivity index (χ2n) is 5.26. The van der Waals surface area contributed by atoms with E-state index in [9.17, 15) is 4.79 Å². The van der Waals surface area contributed by atoms with E-state index in [4.69, 9.17) is 11.6 Å². The summed E-state index contributed by atoms with van der Waals surface area (Å²) in [6.45, 7) is 0. The van der Waals surface area contributed by atoms with Crippen LogP contribution in [-0.4, -0.2) is 23.7 Å². The maximum absolute atomic E-state index is 12.3. The van der Waals surface area contributed by atoms with Gasteiger partial charge in [0.15, 0.2) is 5.78 Å². The van der Waals surface area contributed by atoms with Crippen molar-refractivity contribution in [1.82, 2.24) is 5.32 Å². The van der Waals surface area contributed by atoms with Crippen molar-refractivity contribution in [3.8, 4) is 0 Å². The van der Waals surface area contributed by atoms with Crippen molar-refractivity contribution < 1.29 is 4.79 Å². The normalized spacial score (nSPS) is 41.0. The Morgan fingerprint density at radius 2 is 2.00 bits per heavy atom. The number of carbonyl (C=O) groups excluding carboxylic acids is 1. The molecule has 3 heteroatoms. The van der Waals surface area contributed by atoms with E-state index < -0.39 is 0 Å². The third-order valence-corrected chi connectivity index (χ3v) is 5.01. The first-order valence-corrected chi connectivity index (χ1v) is 7.00. The van der Waals surface area contributed by atoms with Crippen LogP contribution in [0.15, 0.2) is 0 Å². The lowest BCUT2D eigenvalue weighted by molar-refractivity contribution is -0.130. The lowest BCUT2D eigenvalue weighted by atomic mass is 9.66. The number of alkyl halides is 1. The van der Waals surface area contributed by atoms with Crippen molar-refractivity contribution in [2.75, 3.05) is 7.05 Å². The molecule has 0 saturated heterocycles. The number of ketones is 1. The molecule has 0 radical (unpaired) electrons. The number of hydrogen-bond donors (Lipinski definition) is 1. The van der Waals surface area contributed by atoms with Crippen LogP contribution in [0.1, 0.15) is 51.4 Å². The fraction of sp³-hybridized carbons (Fsp3) is 0.923. The Morgan fingerprint density at radius 1 is 1.25 bits per heavy atom. The van der Waals surface area contributed by atoms with Gasteiger partial charge in [0.05, 0.1) is 5.54 Å². The third-order valence-electron chi connectivity index (χ3n) is 4.48. The van der Waals surface area contributed by atoms with Gasteiger partial charge in [-0.25, -0.2) is 0 Å². The van der Waals surface area contributed by atoms with Crippen molar-refractivity contribution in [2.45, 2.75) is 62.3 Å².